The fourth-order valence-electron chi connectivity index (χ4n) is 3.22. The Morgan fingerprint density at radius 3 is 2.32 bits per heavy atom. The number of aliphatic carboxylic acids is 1. The number of aromatic nitrogens is 2. The van der Waals surface area contributed by atoms with Crippen molar-refractivity contribution in [3.63, 3.8) is 0 Å². The maximum Gasteiger partial charge on any atom is 0.306 e. The molecule has 1 fully saturated rings. The highest BCUT2D eigenvalue weighted by molar-refractivity contribution is 5.70. The van der Waals surface area contributed by atoms with Crippen LogP contribution in [0.5, 0.6) is 17.2 Å². The van der Waals surface area contributed by atoms with Crippen LogP contribution >= 0.6 is 0 Å². The SMILES string of the molecule is COc1cc(Nc2nccc(N3CCC(C(=O)O)CC3)n2)cc(OC)c1OC. The van der Waals surface area contributed by atoms with Crippen LogP contribution in [0.15, 0.2) is 24.4 Å². The number of hydrogen-bond acceptors (Lipinski definition) is 8. The second-order valence-corrected chi connectivity index (χ2v) is 6.38. The van der Waals surface area contributed by atoms with Crippen LogP contribution in [0.4, 0.5) is 17.5 Å². The third-order valence-electron chi connectivity index (χ3n) is 4.73. The number of ether oxygens (including phenoxy) is 3. The van der Waals surface area contributed by atoms with E-state index in [-0.39, 0.29) is 5.92 Å². The summed E-state index contributed by atoms with van der Waals surface area (Å²) in [5, 5.41) is 12.3. The van der Waals surface area contributed by atoms with Crippen LogP contribution in [0, 0.1) is 5.92 Å². The van der Waals surface area contributed by atoms with Crippen LogP contribution < -0.4 is 24.4 Å². The highest BCUT2D eigenvalue weighted by atomic mass is 16.5. The van der Waals surface area contributed by atoms with Crippen LogP contribution in [0.2, 0.25) is 0 Å². The van der Waals surface area contributed by atoms with Crippen LogP contribution in [-0.2, 0) is 4.79 Å². The molecule has 0 aliphatic carbocycles. The Kier molecular flexibility index (Phi) is 6.03. The largest absolute Gasteiger partial charge is 0.493 e. The molecule has 0 amide bonds. The molecule has 2 N–H and O–H groups in total. The summed E-state index contributed by atoms with van der Waals surface area (Å²) in [7, 11) is 4.66. The van der Waals surface area contributed by atoms with Gasteiger partial charge < -0.3 is 29.5 Å². The number of carboxylic acids is 1. The van der Waals surface area contributed by atoms with E-state index in [1.54, 1.807) is 39.7 Å². The molecule has 150 valence electrons. The second-order valence-electron chi connectivity index (χ2n) is 6.38. The van der Waals surface area contributed by atoms with Crippen molar-refractivity contribution < 1.29 is 24.1 Å². The van der Waals surface area contributed by atoms with Gasteiger partial charge in [0.15, 0.2) is 11.5 Å². The Morgan fingerprint density at radius 1 is 1.14 bits per heavy atom. The van der Waals surface area contributed by atoms with Crippen molar-refractivity contribution in [3.8, 4) is 17.2 Å². The van der Waals surface area contributed by atoms with E-state index in [0.717, 1.165) is 5.82 Å². The van der Waals surface area contributed by atoms with E-state index in [9.17, 15) is 4.79 Å². The first-order chi connectivity index (χ1) is 13.5. The van der Waals surface area contributed by atoms with Crippen molar-refractivity contribution in [3.05, 3.63) is 24.4 Å². The molecule has 1 aliphatic rings. The molecule has 1 aliphatic heterocycles. The molecule has 0 bridgehead atoms. The molecule has 0 spiro atoms. The van der Waals surface area contributed by atoms with E-state index in [4.69, 9.17) is 19.3 Å². The molecule has 9 nitrogen and oxygen atoms in total. The number of anilines is 3. The van der Waals surface area contributed by atoms with Gasteiger partial charge in [0.1, 0.15) is 5.82 Å². The highest BCUT2D eigenvalue weighted by Gasteiger charge is 2.25. The fourth-order valence-corrected chi connectivity index (χ4v) is 3.22. The molecule has 1 aromatic heterocycles. The minimum Gasteiger partial charge on any atom is -0.493 e. The molecule has 0 unspecified atom stereocenters. The number of piperidine rings is 1. The predicted molar refractivity (Wildman–Crippen MR) is 104 cm³/mol. The first-order valence-electron chi connectivity index (χ1n) is 8.93. The molecule has 2 heterocycles. The number of rotatable bonds is 7. The molecule has 1 saturated heterocycles. The lowest BCUT2D eigenvalue weighted by molar-refractivity contribution is -0.142. The van der Waals surface area contributed by atoms with Gasteiger partial charge in [-0.05, 0) is 18.9 Å². The summed E-state index contributed by atoms with van der Waals surface area (Å²) < 4.78 is 16.1. The highest BCUT2D eigenvalue weighted by Crippen LogP contribution is 2.40. The van der Waals surface area contributed by atoms with Gasteiger partial charge >= 0.3 is 5.97 Å². The first kappa shape index (κ1) is 19.5. The maximum absolute atomic E-state index is 11.1. The van der Waals surface area contributed by atoms with Crippen LogP contribution in [0.3, 0.4) is 0 Å². The van der Waals surface area contributed by atoms with Gasteiger partial charge in [-0.1, -0.05) is 0 Å². The number of nitrogens with one attached hydrogen (secondary N) is 1. The lowest BCUT2D eigenvalue weighted by Gasteiger charge is -2.31. The fraction of sp³-hybridized carbons (Fsp3) is 0.421. The van der Waals surface area contributed by atoms with Crippen LogP contribution in [0.1, 0.15) is 12.8 Å². The van der Waals surface area contributed by atoms with Gasteiger partial charge in [0.2, 0.25) is 11.7 Å². The summed E-state index contributed by atoms with van der Waals surface area (Å²) in [6.45, 7) is 1.30. The summed E-state index contributed by atoms with van der Waals surface area (Å²) in [4.78, 5) is 22.0. The molecule has 28 heavy (non-hydrogen) atoms. The van der Waals surface area contributed by atoms with E-state index < -0.39 is 5.97 Å². The standard InChI is InChI=1S/C19H24N4O5/c1-26-14-10-13(11-15(27-2)17(14)28-3)21-19-20-7-4-16(22-19)23-8-5-12(6-9-23)18(24)25/h4,7,10-12H,5-6,8-9H2,1-3H3,(H,24,25)(H,20,21,22). The van der Waals surface area contributed by atoms with Crippen molar-refractivity contribution in [1.82, 2.24) is 9.97 Å². The Balaban J connectivity index is 1.77. The second kappa shape index (κ2) is 8.64. The molecule has 0 radical (unpaired) electrons. The molecule has 2 aromatic rings. The monoisotopic (exact) mass is 388 g/mol. The van der Waals surface area contributed by atoms with Crippen molar-refractivity contribution in [2.24, 2.45) is 5.92 Å². The Labute approximate surface area is 163 Å². The minimum absolute atomic E-state index is 0.282. The van der Waals surface area contributed by atoms with Gasteiger partial charge in [0.05, 0.1) is 27.2 Å². The molecular weight excluding hydrogens is 364 g/mol. The maximum atomic E-state index is 11.1. The minimum atomic E-state index is -0.730. The average molecular weight is 388 g/mol. The molecule has 9 heteroatoms. The van der Waals surface area contributed by atoms with Crippen molar-refractivity contribution >= 4 is 23.4 Å². The van der Waals surface area contributed by atoms with E-state index >= 15 is 0 Å². The number of carboxylic acid groups (broad SMARTS) is 1. The van der Waals surface area contributed by atoms with Crippen molar-refractivity contribution in [2.45, 2.75) is 12.8 Å². The average Bonchev–Trinajstić information content (AvgIpc) is 2.73. The van der Waals surface area contributed by atoms with E-state index in [0.29, 0.717) is 54.8 Å². The summed E-state index contributed by atoms with van der Waals surface area (Å²) in [6, 6.07) is 5.37. The number of methoxy groups -OCH3 is 3. The van der Waals surface area contributed by atoms with Crippen LogP contribution in [-0.4, -0.2) is 55.5 Å². The van der Waals surface area contributed by atoms with Gasteiger partial charge in [0.25, 0.3) is 0 Å². The van der Waals surface area contributed by atoms with E-state index in [2.05, 4.69) is 20.2 Å². The summed E-state index contributed by atoms with van der Waals surface area (Å²) in [5.74, 6) is 1.72. The van der Waals surface area contributed by atoms with Crippen molar-refractivity contribution in [2.75, 3.05) is 44.6 Å². The molecular formula is C19H24N4O5. The van der Waals surface area contributed by atoms with E-state index in [1.165, 1.54) is 0 Å². The smallest absolute Gasteiger partial charge is 0.306 e. The number of hydrogen-bond donors (Lipinski definition) is 2. The van der Waals surface area contributed by atoms with Gasteiger partial charge in [-0.2, -0.15) is 4.98 Å². The lowest BCUT2D eigenvalue weighted by Crippen LogP contribution is -2.36. The van der Waals surface area contributed by atoms with Crippen molar-refractivity contribution in [1.29, 1.82) is 0 Å². The summed E-state index contributed by atoms with van der Waals surface area (Å²) in [6.07, 6.45) is 2.88. The topological polar surface area (TPSA) is 106 Å². The molecule has 0 saturated carbocycles. The van der Waals surface area contributed by atoms with Gasteiger partial charge in [-0.3, -0.25) is 4.79 Å². The first-order valence-corrected chi connectivity index (χ1v) is 8.93. The Morgan fingerprint density at radius 2 is 1.79 bits per heavy atom. The van der Waals surface area contributed by atoms with Gasteiger partial charge in [-0.25, -0.2) is 4.98 Å². The third kappa shape index (κ3) is 4.19. The van der Waals surface area contributed by atoms with E-state index in [1.807, 2.05) is 6.07 Å². The number of carbonyl (C=O) groups is 1. The molecule has 1 aromatic carbocycles. The zero-order valence-corrected chi connectivity index (χ0v) is 16.1. The molecule has 3 rings (SSSR count). The summed E-state index contributed by atoms with van der Waals surface area (Å²) in [5.41, 5.74) is 0.691. The zero-order valence-electron chi connectivity index (χ0n) is 16.1. The Hall–Kier alpha value is -3.23. The third-order valence-corrected chi connectivity index (χ3v) is 4.73. The quantitative estimate of drug-likeness (QED) is 0.740. The number of benzene rings is 1. The molecule has 0 atom stereocenters. The predicted octanol–water partition coefficient (Wildman–Crippen LogP) is 2.55. The van der Waals surface area contributed by atoms with Gasteiger partial charge in [0, 0.05) is 37.1 Å². The zero-order chi connectivity index (χ0) is 20.1. The lowest BCUT2D eigenvalue weighted by atomic mass is 9.97. The normalized spacial score (nSPS) is 14.5. The number of nitrogens with zero attached hydrogens (tertiary/aromatic N) is 3. The summed E-state index contributed by atoms with van der Waals surface area (Å²) >= 11 is 0. The Bertz CT molecular complexity index is 812. The van der Waals surface area contributed by atoms with Crippen LogP contribution in [0.25, 0.3) is 0 Å². The van der Waals surface area contributed by atoms with Gasteiger partial charge in [-0.15, -0.1) is 0 Å².